The molecule has 1 aromatic carbocycles. The van der Waals surface area contributed by atoms with Crippen LogP contribution in [0.4, 0.5) is 0 Å². The number of aromatic amines is 1. The third kappa shape index (κ3) is 3.08. The largest absolute Gasteiger partial charge is 0.322 e. The fraction of sp³-hybridized carbons (Fsp3) is 0.267. The monoisotopic (exact) mass is 242 g/mol. The fourth-order valence-electron chi connectivity index (χ4n) is 1.83. The van der Waals surface area contributed by atoms with Crippen molar-refractivity contribution in [1.29, 1.82) is 0 Å². The van der Waals surface area contributed by atoms with Crippen molar-refractivity contribution >= 4 is 0 Å². The lowest BCUT2D eigenvalue weighted by atomic mass is 10.1. The van der Waals surface area contributed by atoms with Gasteiger partial charge in [-0.05, 0) is 24.6 Å². The number of pyridine rings is 1. The first-order valence-electron chi connectivity index (χ1n) is 6.29. The Morgan fingerprint density at radius 2 is 1.89 bits per heavy atom. The van der Waals surface area contributed by atoms with Crippen molar-refractivity contribution in [3.05, 3.63) is 58.4 Å². The second-order valence-corrected chi connectivity index (χ2v) is 4.27. The molecule has 0 aliphatic carbocycles. The third-order valence-electron chi connectivity index (χ3n) is 2.82. The molecule has 0 saturated carbocycles. The summed E-state index contributed by atoms with van der Waals surface area (Å²) in [6.07, 6.45) is 1.07. The predicted octanol–water partition coefficient (Wildman–Crippen LogP) is 2.54. The van der Waals surface area contributed by atoms with Crippen LogP contribution in [0.25, 0.3) is 11.3 Å². The molecule has 2 N–H and O–H groups in total. The van der Waals surface area contributed by atoms with Crippen LogP contribution in [-0.4, -0.2) is 11.5 Å². The maximum atomic E-state index is 11.9. The zero-order valence-electron chi connectivity index (χ0n) is 10.6. The molecule has 1 heterocycles. The summed E-state index contributed by atoms with van der Waals surface area (Å²) >= 11 is 0. The van der Waals surface area contributed by atoms with Gasteiger partial charge in [-0.2, -0.15) is 0 Å². The quantitative estimate of drug-likeness (QED) is 0.791. The van der Waals surface area contributed by atoms with E-state index in [1.54, 1.807) is 0 Å². The third-order valence-corrected chi connectivity index (χ3v) is 2.82. The maximum Gasteiger partial charge on any atom is 0.252 e. The Morgan fingerprint density at radius 1 is 1.11 bits per heavy atom. The van der Waals surface area contributed by atoms with Crippen LogP contribution in [0.3, 0.4) is 0 Å². The number of aromatic nitrogens is 1. The molecule has 2 rings (SSSR count). The van der Waals surface area contributed by atoms with Gasteiger partial charge in [0.05, 0.1) is 0 Å². The van der Waals surface area contributed by atoms with E-state index in [2.05, 4.69) is 17.2 Å². The van der Waals surface area contributed by atoms with Gasteiger partial charge in [-0.15, -0.1) is 0 Å². The Morgan fingerprint density at radius 3 is 2.56 bits per heavy atom. The number of hydrogen-bond acceptors (Lipinski definition) is 2. The smallest absolute Gasteiger partial charge is 0.252 e. The Bertz CT molecular complexity index is 546. The zero-order valence-corrected chi connectivity index (χ0v) is 10.6. The van der Waals surface area contributed by atoms with Crippen molar-refractivity contribution in [3.63, 3.8) is 0 Å². The van der Waals surface area contributed by atoms with Gasteiger partial charge in [-0.25, -0.2) is 0 Å². The standard InChI is InChI=1S/C15H18N2O/c1-2-10-16-11-13-8-9-14(17-15(13)18)12-6-4-3-5-7-12/h3-9,16H,2,10-11H2,1H3,(H,17,18). The van der Waals surface area contributed by atoms with Crippen LogP contribution in [0.2, 0.25) is 0 Å². The summed E-state index contributed by atoms with van der Waals surface area (Å²) < 4.78 is 0. The SMILES string of the molecule is CCCNCc1ccc(-c2ccccc2)[nH]c1=O. The van der Waals surface area contributed by atoms with Gasteiger partial charge in [-0.1, -0.05) is 43.3 Å². The molecular weight excluding hydrogens is 224 g/mol. The average Bonchev–Trinajstić information content (AvgIpc) is 2.42. The maximum absolute atomic E-state index is 11.9. The molecule has 0 spiro atoms. The van der Waals surface area contributed by atoms with Gasteiger partial charge in [0, 0.05) is 17.8 Å². The fourth-order valence-corrected chi connectivity index (χ4v) is 1.83. The highest BCUT2D eigenvalue weighted by Crippen LogP contribution is 2.14. The van der Waals surface area contributed by atoms with E-state index in [0.717, 1.165) is 29.8 Å². The van der Waals surface area contributed by atoms with E-state index in [1.165, 1.54) is 0 Å². The van der Waals surface area contributed by atoms with E-state index >= 15 is 0 Å². The van der Waals surface area contributed by atoms with Crippen molar-refractivity contribution < 1.29 is 0 Å². The van der Waals surface area contributed by atoms with Gasteiger partial charge in [0.15, 0.2) is 0 Å². The van der Waals surface area contributed by atoms with Crippen molar-refractivity contribution in [1.82, 2.24) is 10.3 Å². The van der Waals surface area contributed by atoms with E-state index in [0.29, 0.717) is 6.54 Å². The van der Waals surface area contributed by atoms with Crippen LogP contribution in [-0.2, 0) is 6.54 Å². The molecule has 2 aromatic rings. The molecule has 0 amide bonds. The topological polar surface area (TPSA) is 44.9 Å². The van der Waals surface area contributed by atoms with Crippen molar-refractivity contribution in [2.45, 2.75) is 19.9 Å². The molecule has 1 aromatic heterocycles. The highest BCUT2D eigenvalue weighted by atomic mass is 16.1. The Hall–Kier alpha value is -1.87. The summed E-state index contributed by atoms with van der Waals surface area (Å²) in [5.74, 6) is 0. The Labute approximate surface area is 107 Å². The number of rotatable bonds is 5. The lowest BCUT2D eigenvalue weighted by Crippen LogP contribution is -2.21. The van der Waals surface area contributed by atoms with Gasteiger partial charge < -0.3 is 10.3 Å². The summed E-state index contributed by atoms with van der Waals surface area (Å²) in [6.45, 7) is 3.66. The predicted molar refractivity (Wildman–Crippen MR) is 74.5 cm³/mol. The Kier molecular flexibility index (Phi) is 4.31. The van der Waals surface area contributed by atoms with Crippen LogP contribution in [0, 0.1) is 0 Å². The molecule has 0 aliphatic rings. The highest BCUT2D eigenvalue weighted by Gasteiger charge is 2.02. The molecule has 18 heavy (non-hydrogen) atoms. The van der Waals surface area contributed by atoms with Crippen LogP contribution >= 0.6 is 0 Å². The lowest BCUT2D eigenvalue weighted by Gasteiger charge is -2.05. The average molecular weight is 242 g/mol. The zero-order chi connectivity index (χ0) is 12.8. The number of benzene rings is 1. The van der Waals surface area contributed by atoms with Gasteiger partial charge in [0.1, 0.15) is 0 Å². The molecule has 0 saturated heterocycles. The van der Waals surface area contributed by atoms with Gasteiger partial charge in [0.25, 0.3) is 5.56 Å². The molecule has 0 radical (unpaired) electrons. The van der Waals surface area contributed by atoms with E-state index in [9.17, 15) is 4.79 Å². The normalized spacial score (nSPS) is 10.5. The van der Waals surface area contributed by atoms with Crippen LogP contribution < -0.4 is 10.9 Å². The Balaban J connectivity index is 2.18. The van der Waals surface area contributed by atoms with Gasteiger partial charge in [-0.3, -0.25) is 4.79 Å². The van der Waals surface area contributed by atoms with E-state index in [4.69, 9.17) is 0 Å². The van der Waals surface area contributed by atoms with Crippen LogP contribution in [0.1, 0.15) is 18.9 Å². The van der Waals surface area contributed by atoms with Gasteiger partial charge >= 0.3 is 0 Å². The van der Waals surface area contributed by atoms with E-state index in [1.807, 2.05) is 42.5 Å². The summed E-state index contributed by atoms with van der Waals surface area (Å²) in [5.41, 5.74) is 2.66. The number of hydrogen-bond donors (Lipinski definition) is 2. The minimum absolute atomic E-state index is 0.0139. The van der Waals surface area contributed by atoms with Crippen molar-refractivity contribution in [2.24, 2.45) is 0 Å². The summed E-state index contributed by atoms with van der Waals surface area (Å²) in [5, 5.41) is 3.23. The molecule has 3 nitrogen and oxygen atoms in total. The van der Waals surface area contributed by atoms with E-state index in [-0.39, 0.29) is 5.56 Å². The molecule has 3 heteroatoms. The molecule has 0 atom stereocenters. The first kappa shape index (κ1) is 12.6. The highest BCUT2D eigenvalue weighted by molar-refractivity contribution is 5.58. The number of nitrogens with one attached hydrogen (secondary N) is 2. The molecule has 0 fully saturated rings. The van der Waals surface area contributed by atoms with E-state index < -0.39 is 0 Å². The van der Waals surface area contributed by atoms with Crippen molar-refractivity contribution in [3.8, 4) is 11.3 Å². The second-order valence-electron chi connectivity index (χ2n) is 4.27. The summed E-state index contributed by atoms with van der Waals surface area (Å²) in [6, 6.07) is 13.7. The van der Waals surface area contributed by atoms with Crippen LogP contribution in [0.15, 0.2) is 47.3 Å². The molecule has 0 unspecified atom stereocenters. The molecular formula is C15H18N2O. The first-order chi connectivity index (χ1) is 8.81. The van der Waals surface area contributed by atoms with Crippen LogP contribution in [0.5, 0.6) is 0 Å². The summed E-state index contributed by atoms with van der Waals surface area (Å²) in [7, 11) is 0. The molecule has 94 valence electrons. The van der Waals surface area contributed by atoms with Gasteiger partial charge in [0.2, 0.25) is 0 Å². The minimum atomic E-state index is -0.0139. The molecule has 0 bridgehead atoms. The number of H-pyrrole nitrogens is 1. The minimum Gasteiger partial charge on any atom is -0.322 e. The van der Waals surface area contributed by atoms with Crippen molar-refractivity contribution in [2.75, 3.05) is 6.54 Å². The second kappa shape index (κ2) is 6.17. The lowest BCUT2D eigenvalue weighted by molar-refractivity contribution is 0.671. The molecule has 0 aliphatic heterocycles. The summed E-state index contributed by atoms with van der Waals surface area (Å²) in [4.78, 5) is 14.8. The first-order valence-corrected chi connectivity index (χ1v) is 6.29.